The summed E-state index contributed by atoms with van der Waals surface area (Å²) < 4.78 is 38.0. The molecule has 1 heterocycles. The second-order valence-electron chi connectivity index (χ2n) is 7.62. The Morgan fingerprint density at radius 2 is 1.60 bits per heavy atom. The van der Waals surface area contributed by atoms with E-state index >= 15 is 0 Å². The lowest BCUT2D eigenvalue weighted by atomic mass is 10.1. The van der Waals surface area contributed by atoms with Crippen LogP contribution < -0.4 is 19.5 Å². The molecule has 0 radical (unpaired) electrons. The number of sulfonamides is 1. The first-order valence-electron chi connectivity index (χ1n) is 10.5. The van der Waals surface area contributed by atoms with Crippen molar-refractivity contribution in [2.75, 3.05) is 30.5 Å². The molecule has 4 aromatic rings. The number of rotatable bonds is 8. The molecule has 0 atom stereocenters. The molecule has 10 heteroatoms. The van der Waals surface area contributed by atoms with Gasteiger partial charge in [0.1, 0.15) is 17.2 Å². The van der Waals surface area contributed by atoms with Crippen LogP contribution in [0.2, 0.25) is 0 Å². The lowest BCUT2D eigenvalue weighted by Gasteiger charge is -2.12. The van der Waals surface area contributed by atoms with Crippen LogP contribution in [0.25, 0.3) is 16.9 Å². The van der Waals surface area contributed by atoms with Crippen molar-refractivity contribution in [3.63, 3.8) is 0 Å². The first-order valence-corrected chi connectivity index (χ1v) is 12.4. The van der Waals surface area contributed by atoms with Gasteiger partial charge in [0.25, 0.3) is 5.91 Å². The summed E-state index contributed by atoms with van der Waals surface area (Å²) in [6.07, 6.45) is 2.70. The Hall–Kier alpha value is -4.31. The number of carbonyl (C=O) groups excluding carboxylic acids is 1. The molecule has 180 valence electrons. The number of para-hydroxylation sites is 2. The summed E-state index contributed by atoms with van der Waals surface area (Å²) in [6.45, 7) is 0. The average molecular weight is 493 g/mol. The lowest BCUT2D eigenvalue weighted by Crippen LogP contribution is -2.13. The molecular weight excluding hydrogens is 468 g/mol. The number of methoxy groups -OCH3 is 2. The number of hydrogen-bond acceptors (Lipinski definition) is 6. The Labute approximate surface area is 203 Å². The maximum absolute atomic E-state index is 13.4. The summed E-state index contributed by atoms with van der Waals surface area (Å²) in [4.78, 5) is 13.4. The Bertz CT molecular complexity index is 1470. The molecule has 3 aromatic carbocycles. The zero-order chi connectivity index (χ0) is 25.0. The van der Waals surface area contributed by atoms with E-state index in [1.54, 1.807) is 30.1 Å². The van der Waals surface area contributed by atoms with E-state index in [1.807, 2.05) is 48.5 Å². The maximum atomic E-state index is 13.4. The molecule has 0 fully saturated rings. The third kappa shape index (κ3) is 5.44. The van der Waals surface area contributed by atoms with Crippen molar-refractivity contribution in [1.82, 2.24) is 9.78 Å². The highest BCUT2D eigenvalue weighted by Gasteiger charge is 2.22. The van der Waals surface area contributed by atoms with Crippen LogP contribution in [0, 0.1) is 0 Å². The number of aromatic nitrogens is 2. The number of hydrogen-bond donors (Lipinski definition) is 2. The van der Waals surface area contributed by atoms with Crippen LogP contribution in [0.15, 0.2) is 79.0 Å². The summed E-state index contributed by atoms with van der Waals surface area (Å²) in [6, 6.07) is 21.4. The van der Waals surface area contributed by atoms with Gasteiger partial charge in [0.2, 0.25) is 10.0 Å². The molecule has 0 saturated carbocycles. The van der Waals surface area contributed by atoms with Gasteiger partial charge in [-0.3, -0.25) is 9.52 Å². The number of ether oxygens (including phenoxy) is 2. The van der Waals surface area contributed by atoms with Crippen LogP contribution in [0.3, 0.4) is 0 Å². The molecular formula is C25H24N4O5S. The van der Waals surface area contributed by atoms with Crippen LogP contribution in [0.4, 0.5) is 11.4 Å². The van der Waals surface area contributed by atoms with Gasteiger partial charge in [0.15, 0.2) is 0 Å². The van der Waals surface area contributed by atoms with Crippen LogP contribution >= 0.6 is 0 Å². The Balaban J connectivity index is 1.73. The van der Waals surface area contributed by atoms with Crippen molar-refractivity contribution >= 4 is 27.3 Å². The molecule has 0 aliphatic carbocycles. The second-order valence-corrected chi connectivity index (χ2v) is 9.36. The van der Waals surface area contributed by atoms with Crippen LogP contribution in [-0.4, -0.2) is 44.6 Å². The van der Waals surface area contributed by atoms with E-state index in [1.165, 1.54) is 19.2 Å². The first-order chi connectivity index (χ1) is 16.8. The Kier molecular flexibility index (Phi) is 6.74. The minimum atomic E-state index is -3.50. The quantitative estimate of drug-likeness (QED) is 0.382. The second kappa shape index (κ2) is 9.90. The molecule has 0 saturated heterocycles. The molecule has 35 heavy (non-hydrogen) atoms. The fourth-order valence-electron chi connectivity index (χ4n) is 3.54. The van der Waals surface area contributed by atoms with Gasteiger partial charge in [0.05, 0.1) is 37.4 Å². The van der Waals surface area contributed by atoms with Gasteiger partial charge in [-0.2, -0.15) is 5.10 Å². The SMILES string of the molecule is COc1cc(NC(=O)c2cn(-c3ccccc3)nc2-c2ccccc2OC)ccc1NS(C)(=O)=O. The average Bonchev–Trinajstić information content (AvgIpc) is 3.30. The lowest BCUT2D eigenvalue weighted by molar-refractivity contribution is 0.102. The summed E-state index contributed by atoms with van der Waals surface area (Å²) in [7, 11) is -0.520. The number of nitrogens with one attached hydrogen (secondary N) is 2. The molecule has 9 nitrogen and oxygen atoms in total. The maximum Gasteiger partial charge on any atom is 0.259 e. The minimum Gasteiger partial charge on any atom is -0.496 e. The standard InChI is InChI=1S/C25H24N4O5S/c1-33-22-12-8-7-11-19(22)24-20(16-29(27-24)18-9-5-4-6-10-18)25(30)26-17-13-14-21(23(15-17)34-2)28-35(3,31)32/h4-16,28H,1-3H3,(H,26,30). The molecule has 0 aliphatic rings. The molecule has 0 unspecified atom stereocenters. The smallest absolute Gasteiger partial charge is 0.259 e. The van der Waals surface area contributed by atoms with E-state index < -0.39 is 15.9 Å². The topological polar surface area (TPSA) is 112 Å². The number of anilines is 2. The van der Waals surface area contributed by atoms with Gasteiger partial charge in [-0.05, 0) is 36.4 Å². The fourth-order valence-corrected chi connectivity index (χ4v) is 4.11. The van der Waals surface area contributed by atoms with Gasteiger partial charge >= 0.3 is 0 Å². The third-order valence-corrected chi connectivity index (χ3v) is 5.69. The number of nitrogens with zero attached hydrogens (tertiary/aromatic N) is 2. The predicted octanol–water partition coefficient (Wildman–Crippen LogP) is 4.18. The summed E-state index contributed by atoms with van der Waals surface area (Å²) in [5, 5.41) is 7.53. The van der Waals surface area contributed by atoms with Crippen molar-refractivity contribution in [3.05, 3.63) is 84.6 Å². The van der Waals surface area contributed by atoms with Crippen molar-refractivity contribution in [1.29, 1.82) is 0 Å². The minimum absolute atomic E-state index is 0.262. The largest absolute Gasteiger partial charge is 0.496 e. The van der Waals surface area contributed by atoms with E-state index in [-0.39, 0.29) is 11.4 Å². The summed E-state index contributed by atoms with van der Waals surface area (Å²) in [5.41, 5.74) is 2.92. The number of carbonyl (C=O) groups is 1. The van der Waals surface area contributed by atoms with Crippen LogP contribution in [0.1, 0.15) is 10.4 Å². The molecule has 4 rings (SSSR count). The highest BCUT2D eigenvalue weighted by molar-refractivity contribution is 7.92. The fraction of sp³-hybridized carbons (Fsp3) is 0.120. The molecule has 1 aromatic heterocycles. The third-order valence-electron chi connectivity index (χ3n) is 5.10. The van der Waals surface area contributed by atoms with E-state index in [4.69, 9.17) is 9.47 Å². The summed E-state index contributed by atoms with van der Waals surface area (Å²) in [5.74, 6) is 0.440. The van der Waals surface area contributed by atoms with Gasteiger partial charge in [0, 0.05) is 23.5 Å². The van der Waals surface area contributed by atoms with Gasteiger partial charge in [-0.15, -0.1) is 0 Å². The van der Waals surface area contributed by atoms with Crippen LogP contribution in [-0.2, 0) is 10.0 Å². The van der Waals surface area contributed by atoms with Crippen molar-refractivity contribution in [2.24, 2.45) is 0 Å². The highest BCUT2D eigenvalue weighted by atomic mass is 32.2. The van der Waals surface area contributed by atoms with Gasteiger partial charge in [-0.1, -0.05) is 30.3 Å². The monoisotopic (exact) mass is 492 g/mol. The molecule has 2 N–H and O–H groups in total. The van der Waals surface area contributed by atoms with Gasteiger partial charge < -0.3 is 14.8 Å². The Morgan fingerprint density at radius 1 is 0.914 bits per heavy atom. The Morgan fingerprint density at radius 3 is 2.29 bits per heavy atom. The van der Waals surface area contributed by atoms with E-state index in [9.17, 15) is 13.2 Å². The van der Waals surface area contributed by atoms with Crippen molar-refractivity contribution in [2.45, 2.75) is 0 Å². The molecule has 0 aliphatic heterocycles. The zero-order valence-corrected chi connectivity index (χ0v) is 20.2. The van der Waals surface area contributed by atoms with Crippen molar-refractivity contribution < 1.29 is 22.7 Å². The molecule has 0 spiro atoms. The van der Waals surface area contributed by atoms with Crippen LogP contribution in [0.5, 0.6) is 11.5 Å². The van der Waals surface area contributed by atoms with E-state index in [0.29, 0.717) is 28.3 Å². The zero-order valence-electron chi connectivity index (χ0n) is 19.3. The molecule has 1 amide bonds. The molecule has 0 bridgehead atoms. The van der Waals surface area contributed by atoms with E-state index in [0.717, 1.165) is 11.9 Å². The van der Waals surface area contributed by atoms with Gasteiger partial charge in [-0.25, -0.2) is 13.1 Å². The highest BCUT2D eigenvalue weighted by Crippen LogP contribution is 2.33. The summed E-state index contributed by atoms with van der Waals surface area (Å²) >= 11 is 0. The first kappa shape index (κ1) is 23.8. The van der Waals surface area contributed by atoms with E-state index in [2.05, 4.69) is 15.1 Å². The normalized spacial score (nSPS) is 11.1. The number of benzene rings is 3. The number of amides is 1. The predicted molar refractivity (Wildman–Crippen MR) is 135 cm³/mol. The van der Waals surface area contributed by atoms with Crippen molar-refractivity contribution in [3.8, 4) is 28.4 Å².